The number of halogens is 3. The van der Waals surface area contributed by atoms with E-state index in [2.05, 4.69) is 59.1 Å². The average molecular weight is 420 g/mol. The van der Waals surface area contributed by atoms with E-state index in [0.717, 1.165) is 13.0 Å². The number of benzene rings is 2. The first-order valence-corrected chi connectivity index (χ1v) is 8.36. The van der Waals surface area contributed by atoms with E-state index in [1.54, 1.807) is 0 Å². The molecule has 1 unspecified atom stereocenters. The van der Waals surface area contributed by atoms with E-state index in [4.69, 9.17) is 23.2 Å². The molecule has 106 valence electrons. The van der Waals surface area contributed by atoms with Crippen LogP contribution >= 0.6 is 45.8 Å². The van der Waals surface area contributed by atoms with Gasteiger partial charge in [-0.05, 0) is 70.9 Å². The highest BCUT2D eigenvalue weighted by Gasteiger charge is 2.12. The van der Waals surface area contributed by atoms with Crippen LogP contribution in [0.25, 0.3) is 0 Å². The minimum atomic E-state index is 0.284. The molecule has 20 heavy (non-hydrogen) atoms. The Morgan fingerprint density at radius 1 is 1.10 bits per heavy atom. The second-order valence-corrected chi connectivity index (χ2v) is 6.68. The van der Waals surface area contributed by atoms with Crippen molar-refractivity contribution in [3.63, 3.8) is 0 Å². The monoisotopic (exact) mass is 419 g/mol. The summed E-state index contributed by atoms with van der Waals surface area (Å²) in [4.78, 5) is 0. The lowest BCUT2D eigenvalue weighted by Gasteiger charge is -2.19. The van der Waals surface area contributed by atoms with Gasteiger partial charge in [0.2, 0.25) is 0 Å². The predicted molar refractivity (Wildman–Crippen MR) is 95.7 cm³/mol. The van der Waals surface area contributed by atoms with Crippen molar-refractivity contribution in [3.8, 4) is 0 Å². The van der Waals surface area contributed by atoms with Gasteiger partial charge in [0, 0.05) is 9.61 Å². The lowest BCUT2D eigenvalue weighted by atomic mass is 9.99. The van der Waals surface area contributed by atoms with E-state index >= 15 is 0 Å². The molecule has 1 atom stereocenters. The van der Waals surface area contributed by atoms with Gasteiger partial charge in [-0.3, -0.25) is 0 Å². The predicted octanol–water partition coefficient (Wildman–Crippen LogP) is 5.49. The third-order valence-corrected chi connectivity index (χ3v) is 4.54. The molecule has 0 amide bonds. The van der Waals surface area contributed by atoms with Crippen molar-refractivity contribution < 1.29 is 0 Å². The van der Waals surface area contributed by atoms with Crippen LogP contribution in [-0.2, 0) is 6.42 Å². The molecule has 2 rings (SSSR count). The molecule has 0 aliphatic carbocycles. The van der Waals surface area contributed by atoms with Crippen molar-refractivity contribution in [2.75, 3.05) is 6.54 Å². The number of hydrogen-bond donors (Lipinski definition) is 1. The SMILES string of the molecule is CCNC(Cc1ccc(Cl)c(Cl)c1)c1cccc(I)c1. The summed E-state index contributed by atoms with van der Waals surface area (Å²) in [7, 11) is 0. The molecule has 0 aliphatic heterocycles. The highest BCUT2D eigenvalue weighted by atomic mass is 127. The second-order valence-electron chi connectivity index (χ2n) is 4.62. The Labute approximate surface area is 143 Å². The molecule has 1 nitrogen and oxygen atoms in total. The van der Waals surface area contributed by atoms with Crippen molar-refractivity contribution in [2.45, 2.75) is 19.4 Å². The van der Waals surface area contributed by atoms with Gasteiger partial charge < -0.3 is 5.32 Å². The number of nitrogens with one attached hydrogen (secondary N) is 1. The zero-order valence-corrected chi connectivity index (χ0v) is 14.8. The van der Waals surface area contributed by atoms with Crippen LogP contribution in [0.1, 0.15) is 24.1 Å². The third kappa shape index (κ3) is 4.35. The number of likely N-dealkylation sites (N-methyl/N-ethyl adjacent to an activating group) is 1. The van der Waals surface area contributed by atoms with Crippen LogP contribution in [0, 0.1) is 3.57 Å². The molecule has 2 aromatic carbocycles. The Bertz CT molecular complexity index is 586. The van der Waals surface area contributed by atoms with E-state index < -0.39 is 0 Å². The summed E-state index contributed by atoms with van der Waals surface area (Å²) < 4.78 is 1.25. The van der Waals surface area contributed by atoms with Crippen molar-refractivity contribution >= 4 is 45.8 Å². The lowest BCUT2D eigenvalue weighted by molar-refractivity contribution is 0.549. The minimum Gasteiger partial charge on any atom is -0.310 e. The van der Waals surface area contributed by atoms with E-state index in [9.17, 15) is 0 Å². The first-order valence-electron chi connectivity index (χ1n) is 6.53. The molecule has 0 saturated carbocycles. The summed E-state index contributed by atoms with van der Waals surface area (Å²) in [5.74, 6) is 0. The van der Waals surface area contributed by atoms with Crippen molar-refractivity contribution in [2.24, 2.45) is 0 Å². The van der Waals surface area contributed by atoms with Crippen LogP contribution in [-0.4, -0.2) is 6.54 Å². The summed E-state index contributed by atoms with van der Waals surface area (Å²) in [5.41, 5.74) is 2.48. The molecule has 4 heteroatoms. The van der Waals surface area contributed by atoms with Crippen LogP contribution in [0.15, 0.2) is 42.5 Å². The molecule has 0 aromatic heterocycles. The third-order valence-electron chi connectivity index (χ3n) is 3.13. The van der Waals surface area contributed by atoms with Crippen molar-refractivity contribution in [1.29, 1.82) is 0 Å². The quantitative estimate of drug-likeness (QED) is 0.631. The molecule has 0 bridgehead atoms. The standard InChI is InChI=1S/C16H16Cl2IN/c1-2-20-16(12-4-3-5-13(19)10-12)9-11-6-7-14(17)15(18)8-11/h3-8,10,16,20H,2,9H2,1H3. The Hall–Kier alpha value is -0.290. The fourth-order valence-electron chi connectivity index (χ4n) is 2.18. The highest BCUT2D eigenvalue weighted by molar-refractivity contribution is 14.1. The number of hydrogen-bond acceptors (Lipinski definition) is 1. The van der Waals surface area contributed by atoms with Gasteiger partial charge >= 0.3 is 0 Å². The molecule has 0 heterocycles. The van der Waals surface area contributed by atoms with Crippen molar-refractivity contribution in [1.82, 2.24) is 5.32 Å². The Morgan fingerprint density at radius 2 is 1.90 bits per heavy atom. The van der Waals surface area contributed by atoms with Gasteiger partial charge in [-0.25, -0.2) is 0 Å². The van der Waals surface area contributed by atoms with Crippen LogP contribution in [0.5, 0.6) is 0 Å². The Morgan fingerprint density at radius 3 is 2.55 bits per heavy atom. The Balaban J connectivity index is 2.22. The molecular formula is C16H16Cl2IN. The first-order chi connectivity index (χ1) is 9.60. The minimum absolute atomic E-state index is 0.284. The highest BCUT2D eigenvalue weighted by Crippen LogP contribution is 2.26. The molecule has 0 spiro atoms. The van der Waals surface area contributed by atoms with Gasteiger partial charge in [0.05, 0.1) is 10.0 Å². The maximum atomic E-state index is 6.09. The molecule has 2 aromatic rings. The van der Waals surface area contributed by atoms with Gasteiger partial charge in [-0.1, -0.05) is 48.3 Å². The van der Waals surface area contributed by atoms with E-state index in [1.807, 2.05) is 18.2 Å². The Kier molecular flexibility index (Phi) is 6.15. The zero-order chi connectivity index (χ0) is 14.5. The van der Waals surface area contributed by atoms with Crippen LogP contribution in [0.2, 0.25) is 10.0 Å². The summed E-state index contributed by atoms with van der Waals surface area (Å²) >= 11 is 14.4. The van der Waals surface area contributed by atoms with Crippen LogP contribution < -0.4 is 5.32 Å². The van der Waals surface area contributed by atoms with E-state index in [0.29, 0.717) is 10.0 Å². The molecule has 0 saturated heterocycles. The topological polar surface area (TPSA) is 12.0 Å². The number of rotatable bonds is 5. The van der Waals surface area contributed by atoms with Gasteiger partial charge in [-0.15, -0.1) is 0 Å². The van der Waals surface area contributed by atoms with Crippen LogP contribution in [0.4, 0.5) is 0 Å². The molecule has 0 aliphatic rings. The fraction of sp³-hybridized carbons (Fsp3) is 0.250. The molecule has 0 radical (unpaired) electrons. The van der Waals surface area contributed by atoms with Gasteiger partial charge in [0.1, 0.15) is 0 Å². The summed E-state index contributed by atoms with van der Waals surface area (Å²) in [6, 6.07) is 14.7. The summed E-state index contributed by atoms with van der Waals surface area (Å²) in [6.45, 7) is 3.05. The first kappa shape index (κ1) is 16.1. The van der Waals surface area contributed by atoms with Crippen LogP contribution in [0.3, 0.4) is 0 Å². The maximum Gasteiger partial charge on any atom is 0.0595 e. The average Bonchev–Trinajstić information content (AvgIpc) is 2.42. The van der Waals surface area contributed by atoms with E-state index in [1.165, 1.54) is 14.7 Å². The fourth-order valence-corrected chi connectivity index (χ4v) is 3.07. The van der Waals surface area contributed by atoms with E-state index in [-0.39, 0.29) is 6.04 Å². The smallest absolute Gasteiger partial charge is 0.0595 e. The summed E-state index contributed by atoms with van der Waals surface area (Å²) in [5, 5.41) is 4.74. The molecule has 0 fully saturated rings. The lowest BCUT2D eigenvalue weighted by Crippen LogP contribution is -2.23. The largest absolute Gasteiger partial charge is 0.310 e. The molecule has 1 N–H and O–H groups in total. The maximum absolute atomic E-state index is 6.09. The summed E-state index contributed by atoms with van der Waals surface area (Å²) in [6.07, 6.45) is 0.894. The second kappa shape index (κ2) is 7.64. The van der Waals surface area contributed by atoms with Crippen molar-refractivity contribution in [3.05, 3.63) is 67.2 Å². The zero-order valence-electron chi connectivity index (χ0n) is 11.2. The van der Waals surface area contributed by atoms with Gasteiger partial charge in [0.15, 0.2) is 0 Å². The van der Waals surface area contributed by atoms with Gasteiger partial charge in [-0.2, -0.15) is 0 Å². The normalized spacial score (nSPS) is 12.4. The molecular weight excluding hydrogens is 404 g/mol. The van der Waals surface area contributed by atoms with Gasteiger partial charge in [0.25, 0.3) is 0 Å².